The second-order valence-electron chi connectivity index (χ2n) is 6.42. The van der Waals surface area contributed by atoms with Crippen LogP contribution in [-0.4, -0.2) is 40.5 Å². The number of hydrogen-bond donors (Lipinski definition) is 1. The van der Waals surface area contributed by atoms with Gasteiger partial charge < -0.3 is 10.1 Å². The van der Waals surface area contributed by atoms with Gasteiger partial charge in [-0.2, -0.15) is 0 Å². The van der Waals surface area contributed by atoms with E-state index in [1.165, 1.54) is 12.8 Å². The fourth-order valence-corrected chi connectivity index (χ4v) is 6.06. The van der Waals surface area contributed by atoms with Gasteiger partial charge in [0.15, 0.2) is 0 Å². The van der Waals surface area contributed by atoms with Gasteiger partial charge in [-0.3, -0.25) is 4.21 Å². The zero-order valence-electron chi connectivity index (χ0n) is 12.1. The van der Waals surface area contributed by atoms with Crippen LogP contribution >= 0.6 is 0 Å². The maximum absolute atomic E-state index is 12.9. The van der Waals surface area contributed by atoms with Crippen LogP contribution in [0.25, 0.3) is 0 Å². The Hall–Kier alpha value is 0.0700. The van der Waals surface area contributed by atoms with Crippen molar-refractivity contribution in [3.8, 4) is 0 Å². The summed E-state index contributed by atoms with van der Waals surface area (Å²) in [4.78, 5) is 0. The van der Waals surface area contributed by atoms with Gasteiger partial charge in [0.05, 0.1) is 16.6 Å². The molecule has 3 nitrogen and oxygen atoms in total. The summed E-state index contributed by atoms with van der Waals surface area (Å²) < 4.78 is 18.4. The van der Waals surface area contributed by atoms with Crippen molar-refractivity contribution in [2.24, 2.45) is 5.41 Å². The van der Waals surface area contributed by atoms with Gasteiger partial charge in [-0.15, -0.1) is 0 Å². The summed E-state index contributed by atoms with van der Waals surface area (Å²) in [5.74, 6) is 0. The summed E-state index contributed by atoms with van der Waals surface area (Å²) in [6, 6.07) is 0.361. The van der Waals surface area contributed by atoms with Crippen molar-refractivity contribution in [1.82, 2.24) is 5.32 Å². The van der Waals surface area contributed by atoms with E-state index in [9.17, 15) is 4.21 Å². The van der Waals surface area contributed by atoms with Crippen LogP contribution in [0.3, 0.4) is 0 Å². The molecule has 1 saturated carbocycles. The highest BCUT2D eigenvalue weighted by atomic mass is 32.2. The number of nitrogens with one attached hydrogen (secondary N) is 1. The molecule has 5 unspecified atom stereocenters. The van der Waals surface area contributed by atoms with Gasteiger partial charge in [0, 0.05) is 23.4 Å². The minimum absolute atomic E-state index is 0.161. The van der Waals surface area contributed by atoms with Crippen LogP contribution in [0.15, 0.2) is 0 Å². The van der Waals surface area contributed by atoms with E-state index in [2.05, 4.69) is 26.1 Å². The lowest BCUT2D eigenvalue weighted by Crippen LogP contribution is -2.54. The Balaban J connectivity index is 2.13. The molecule has 1 N–H and O–H groups in total. The second kappa shape index (κ2) is 5.59. The van der Waals surface area contributed by atoms with Gasteiger partial charge in [0.2, 0.25) is 0 Å². The monoisotopic (exact) mass is 273 g/mol. The first-order valence-electron chi connectivity index (χ1n) is 7.15. The number of rotatable bonds is 3. The highest BCUT2D eigenvalue weighted by molar-refractivity contribution is 7.86. The fraction of sp³-hybridized carbons (Fsp3) is 1.00. The predicted octanol–water partition coefficient (Wildman–Crippen LogP) is 2.08. The Morgan fingerprint density at radius 2 is 2.00 bits per heavy atom. The van der Waals surface area contributed by atoms with Crippen molar-refractivity contribution in [2.75, 3.05) is 13.7 Å². The van der Waals surface area contributed by atoms with Crippen molar-refractivity contribution in [2.45, 2.75) is 69.1 Å². The van der Waals surface area contributed by atoms with Crippen molar-refractivity contribution >= 4 is 10.8 Å². The molecule has 0 amide bonds. The molecule has 106 valence electrons. The molecule has 1 aliphatic heterocycles. The van der Waals surface area contributed by atoms with Crippen LogP contribution < -0.4 is 5.32 Å². The SMILES string of the molecule is CNC1C(S(=O)C2CCOC2C)CCCC1(C)C. The fourth-order valence-electron chi connectivity index (χ4n) is 3.65. The first-order chi connectivity index (χ1) is 8.47. The predicted molar refractivity (Wildman–Crippen MR) is 76.2 cm³/mol. The topological polar surface area (TPSA) is 38.3 Å². The third-order valence-corrected chi connectivity index (χ3v) is 7.06. The third-order valence-electron chi connectivity index (χ3n) is 4.74. The minimum Gasteiger partial charge on any atom is -0.377 e. The molecule has 2 rings (SSSR count). The smallest absolute Gasteiger partial charge is 0.0691 e. The van der Waals surface area contributed by atoms with Gasteiger partial charge in [0.25, 0.3) is 0 Å². The summed E-state index contributed by atoms with van der Waals surface area (Å²) in [5.41, 5.74) is 0.246. The van der Waals surface area contributed by atoms with E-state index in [0.29, 0.717) is 6.04 Å². The normalized spacial score (nSPS) is 41.8. The molecule has 0 bridgehead atoms. The van der Waals surface area contributed by atoms with Crippen LogP contribution in [0.5, 0.6) is 0 Å². The maximum atomic E-state index is 12.9. The molecule has 1 saturated heterocycles. The van der Waals surface area contributed by atoms with E-state index in [4.69, 9.17) is 4.74 Å². The van der Waals surface area contributed by atoms with Crippen molar-refractivity contribution in [1.29, 1.82) is 0 Å². The molecule has 2 aliphatic rings. The summed E-state index contributed by atoms with van der Waals surface area (Å²) in [6.45, 7) is 7.44. The molecular weight excluding hydrogens is 246 g/mol. The molecule has 5 atom stereocenters. The highest BCUT2D eigenvalue weighted by Gasteiger charge is 2.44. The van der Waals surface area contributed by atoms with E-state index < -0.39 is 10.8 Å². The second-order valence-corrected chi connectivity index (χ2v) is 8.29. The van der Waals surface area contributed by atoms with Crippen molar-refractivity contribution in [3.05, 3.63) is 0 Å². The van der Waals surface area contributed by atoms with Gasteiger partial charge in [0.1, 0.15) is 0 Å². The molecule has 0 aromatic heterocycles. The van der Waals surface area contributed by atoms with Gasteiger partial charge in [-0.25, -0.2) is 0 Å². The quantitative estimate of drug-likeness (QED) is 0.855. The molecular formula is C14H27NO2S. The standard InChI is InChI=1S/C14H27NO2S/c1-10-11(7-9-17-10)18(16)12-6-5-8-14(2,3)13(12)15-4/h10-13,15H,5-9H2,1-4H3. The molecule has 0 spiro atoms. The van der Waals surface area contributed by atoms with Crippen molar-refractivity contribution < 1.29 is 8.95 Å². The summed E-state index contributed by atoms with van der Waals surface area (Å²) >= 11 is 0. The van der Waals surface area contributed by atoms with E-state index in [1.54, 1.807) is 0 Å². The van der Waals surface area contributed by atoms with Crippen molar-refractivity contribution in [3.63, 3.8) is 0 Å². The Kier molecular flexibility index (Phi) is 4.50. The lowest BCUT2D eigenvalue weighted by Gasteiger charge is -2.44. The van der Waals surface area contributed by atoms with E-state index >= 15 is 0 Å². The Morgan fingerprint density at radius 1 is 1.28 bits per heavy atom. The van der Waals surface area contributed by atoms with Gasteiger partial charge in [-0.05, 0) is 38.6 Å². The molecule has 1 aliphatic carbocycles. The molecule has 1 heterocycles. The van der Waals surface area contributed by atoms with Crippen LogP contribution in [-0.2, 0) is 15.5 Å². The van der Waals surface area contributed by atoms with Crippen LogP contribution in [0.2, 0.25) is 0 Å². The summed E-state index contributed by atoms with van der Waals surface area (Å²) in [6.07, 6.45) is 4.63. The van der Waals surface area contributed by atoms with Gasteiger partial charge in [-0.1, -0.05) is 20.3 Å². The largest absolute Gasteiger partial charge is 0.377 e. The van der Waals surface area contributed by atoms with Crippen LogP contribution in [0, 0.1) is 5.41 Å². The van der Waals surface area contributed by atoms with Crippen LogP contribution in [0.4, 0.5) is 0 Å². The van der Waals surface area contributed by atoms with Gasteiger partial charge >= 0.3 is 0 Å². The summed E-state index contributed by atoms with van der Waals surface area (Å²) in [7, 11) is 1.23. The molecule has 0 aromatic carbocycles. The lowest BCUT2D eigenvalue weighted by atomic mass is 9.73. The molecule has 18 heavy (non-hydrogen) atoms. The van der Waals surface area contributed by atoms with Crippen LogP contribution in [0.1, 0.15) is 46.5 Å². The zero-order valence-corrected chi connectivity index (χ0v) is 12.9. The first kappa shape index (κ1) is 14.5. The Morgan fingerprint density at radius 3 is 2.56 bits per heavy atom. The first-order valence-corrected chi connectivity index (χ1v) is 8.43. The van der Waals surface area contributed by atoms with E-state index in [0.717, 1.165) is 19.4 Å². The molecule has 4 heteroatoms. The minimum atomic E-state index is -0.776. The number of hydrogen-bond acceptors (Lipinski definition) is 3. The van der Waals surface area contributed by atoms with E-state index in [-0.39, 0.29) is 22.0 Å². The Labute approximate surface area is 114 Å². The molecule has 0 aromatic rings. The zero-order chi connectivity index (χ0) is 13.3. The average Bonchev–Trinajstić information content (AvgIpc) is 2.73. The highest BCUT2D eigenvalue weighted by Crippen LogP contribution is 2.39. The Bertz CT molecular complexity index is 319. The average molecular weight is 273 g/mol. The lowest BCUT2D eigenvalue weighted by molar-refractivity contribution is 0.126. The number of ether oxygens (including phenoxy) is 1. The molecule has 2 fully saturated rings. The maximum Gasteiger partial charge on any atom is 0.0691 e. The van der Waals surface area contributed by atoms with E-state index in [1.807, 2.05) is 7.05 Å². The summed E-state index contributed by atoms with van der Waals surface area (Å²) in [5, 5.41) is 3.95. The third kappa shape index (κ3) is 2.66. The molecule has 0 radical (unpaired) electrons.